The molecule has 0 radical (unpaired) electrons. The lowest BCUT2D eigenvalue weighted by molar-refractivity contribution is -0.662. The minimum atomic E-state index is 0.778. The summed E-state index contributed by atoms with van der Waals surface area (Å²) >= 11 is 6.02. The smallest absolute Gasteiger partial charge is 0.194 e. The van der Waals surface area contributed by atoms with Crippen LogP contribution in [0.25, 0.3) is 10.9 Å². The molecular weight excluding hydrogens is 242 g/mol. The maximum atomic E-state index is 6.02. The first-order valence-corrected chi connectivity index (χ1v) is 6.32. The molecule has 2 aromatic carbocycles. The number of hydrogen-bond donors (Lipinski definition) is 0. The van der Waals surface area contributed by atoms with E-state index in [0.29, 0.717) is 0 Å². The van der Waals surface area contributed by atoms with E-state index in [0.717, 1.165) is 11.6 Å². The third-order valence-electron chi connectivity index (χ3n) is 3.04. The Morgan fingerprint density at radius 1 is 0.889 bits per heavy atom. The maximum absolute atomic E-state index is 6.02. The van der Waals surface area contributed by atoms with Crippen molar-refractivity contribution in [2.24, 2.45) is 0 Å². The first kappa shape index (κ1) is 11.2. The summed E-state index contributed by atoms with van der Waals surface area (Å²) in [4.78, 5) is 0. The Bertz CT molecular complexity index is 677. The van der Waals surface area contributed by atoms with Crippen LogP contribution in [0.3, 0.4) is 0 Å². The molecule has 0 amide bonds. The van der Waals surface area contributed by atoms with E-state index in [2.05, 4.69) is 53.2 Å². The number of aromatic nitrogens is 1. The number of pyridine rings is 1. The molecule has 0 spiro atoms. The molecule has 1 nitrogen and oxygen atoms in total. The molecule has 0 saturated heterocycles. The van der Waals surface area contributed by atoms with E-state index in [-0.39, 0.29) is 0 Å². The van der Waals surface area contributed by atoms with Gasteiger partial charge in [0.15, 0.2) is 12.7 Å². The van der Waals surface area contributed by atoms with Crippen molar-refractivity contribution in [1.29, 1.82) is 0 Å². The molecule has 18 heavy (non-hydrogen) atoms. The van der Waals surface area contributed by atoms with Crippen LogP contribution in [0.15, 0.2) is 66.9 Å². The van der Waals surface area contributed by atoms with Crippen LogP contribution in [0.4, 0.5) is 0 Å². The molecule has 1 heterocycles. The van der Waals surface area contributed by atoms with Gasteiger partial charge in [0.2, 0.25) is 5.52 Å². The minimum Gasteiger partial charge on any atom is -0.194 e. The highest BCUT2D eigenvalue weighted by Crippen LogP contribution is 2.16. The average molecular weight is 255 g/mol. The highest BCUT2D eigenvalue weighted by molar-refractivity contribution is 6.31. The maximum Gasteiger partial charge on any atom is 0.212 e. The lowest BCUT2D eigenvalue weighted by Gasteiger charge is -2.02. The Balaban J connectivity index is 2.07. The lowest BCUT2D eigenvalue weighted by atomic mass is 10.2. The quantitative estimate of drug-likeness (QED) is 0.612. The van der Waals surface area contributed by atoms with E-state index in [4.69, 9.17) is 11.6 Å². The van der Waals surface area contributed by atoms with Crippen LogP contribution in [0, 0.1) is 0 Å². The van der Waals surface area contributed by atoms with Crippen molar-refractivity contribution in [2.75, 3.05) is 0 Å². The highest BCUT2D eigenvalue weighted by atomic mass is 35.5. The topological polar surface area (TPSA) is 3.88 Å². The van der Waals surface area contributed by atoms with Crippen molar-refractivity contribution in [2.45, 2.75) is 6.54 Å². The fourth-order valence-electron chi connectivity index (χ4n) is 2.17. The zero-order valence-corrected chi connectivity index (χ0v) is 10.6. The van der Waals surface area contributed by atoms with E-state index in [1.807, 2.05) is 18.2 Å². The first-order valence-electron chi connectivity index (χ1n) is 5.94. The van der Waals surface area contributed by atoms with E-state index in [9.17, 15) is 0 Å². The highest BCUT2D eigenvalue weighted by Gasteiger charge is 2.08. The van der Waals surface area contributed by atoms with Gasteiger partial charge in [-0.3, -0.25) is 0 Å². The van der Waals surface area contributed by atoms with Crippen LogP contribution in [0.1, 0.15) is 5.56 Å². The monoisotopic (exact) mass is 254 g/mol. The molecule has 88 valence electrons. The molecule has 1 aromatic heterocycles. The molecule has 0 bridgehead atoms. The van der Waals surface area contributed by atoms with Gasteiger partial charge in [0.25, 0.3) is 0 Å². The second-order valence-electron chi connectivity index (χ2n) is 4.32. The Morgan fingerprint density at radius 2 is 1.72 bits per heavy atom. The van der Waals surface area contributed by atoms with Gasteiger partial charge in [-0.2, -0.15) is 4.57 Å². The molecule has 3 aromatic rings. The Labute approximate surface area is 111 Å². The zero-order valence-electron chi connectivity index (χ0n) is 9.88. The number of halogens is 1. The van der Waals surface area contributed by atoms with Gasteiger partial charge in [0.1, 0.15) is 0 Å². The van der Waals surface area contributed by atoms with Crippen LogP contribution in [0.2, 0.25) is 5.02 Å². The molecule has 2 heteroatoms. The number of rotatable bonds is 2. The molecule has 0 aliphatic rings. The molecule has 0 fully saturated rings. The predicted octanol–water partition coefficient (Wildman–Crippen LogP) is 3.83. The molecule has 0 N–H and O–H groups in total. The fourth-order valence-corrected chi connectivity index (χ4v) is 2.35. The third kappa shape index (κ3) is 2.22. The Morgan fingerprint density at radius 3 is 2.56 bits per heavy atom. The van der Waals surface area contributed by atoms with E-state index < -0.39 is 0 Å². The van der Waals surface area contributed by atoms with Crippen molar-refractivity contribution >= 4 is 22.5 Å². The van der Waals surface area contributed by atoms with Crippen LogP contribution in [-0.4, -0.2) is 0 Å². The SMILES string of the molecule is Clc1ccc2c(ccc[n+]2Cc2ccccc2)c1. The first-order chi connectivity index (χ1) is 8.83. The van der Waals surface area contributed by atoms with Gasteiger partial charge in [-0.15, -0.1) is 0 Å². The van der Waals surface area contributed by atoms with E-state index in [1.54, 1.807) is 0 Å². The molecule has 0 aliphatic heterocycles. The molecule has 3 rings (SSSR count). The van der Waals surface area contributed by atoms with Gasteiger partial charge in [-0.1, -0.05) is 41.9 Å². The summed E-state index contributed by atoms with van der Waals surface area (Å²) < 4.78 is 2.24. The summed E-state index contributed by atoms with van der Waals surface area (Å²) in [5, 5.41) is 1.95. The Kier molecular flexibility index (Phi) is 2.99. The fraction of sp³-hybridized carbons (Fsp3) is 0.0625. The zero-order chi connectivity index (χ0) is 12.4. The number of fused-ring (bicyclic) bond motifs is 1. The molecular formula is C16H13ClN+. The van der Waals surface area contributed by atoms with Gasteiger partial charge in [0, 0.05) is 28.1 Å². The van der Waals surface area contributed by atoms with Crippen molar-refractivity contribution in [3.8, 4) is 0 Å². The molecule has 0 saturated carbocycles. The van der Waals surface area contributed by atoms with Crippen LogP contribution in [0.5, 0.6) is 0 Å². The largest absolute Gasteiger partial charge is 0.212 e. The minimum absolute atomic E-state index is 0.778. The summed E-state index contributed by atoms with van der Waals surface area (Å²) in [5.41, 5.74) is 2.50. The van der Waals surface area contributed by atoms with Gasteiger partial charge in [-0.05, 0) is 18.2 Å². The van der Waals surface area contributed by atoms with Crippen LogP contribution in [-0.2, 0) is 6.54 Å². The second-order valence-corrected chi connectivity index (χ2v) is 4.76. The predicted molar refractivity (Wildman–Crippen MR) is 74.7 cm³/mol. The van der Waals surface area contributed by atoms with E-state index in [1.165, 1.54) is 16.5 Å². The van der Waals surface area contributed by atoms with Crippen molar-refractivity contribution in [1.82, 2.24) is 0 Å². The lowest BCUT2D eigenvalue weighted by Crippen LogP contribution is -2.34. The normalized spacial score (nSPS) is 10.7. The molecule has 0 unspecified atom stereocenters. The van der Waals surface area contributed by atoms with Crippen LogP contribution >= 0.6 is 11.6 Å². The summed E-state index contributed by atoms with van der Waals surface area (Å²) in [6.45, 7) is 0.875. The number of benzene rings is 2. The van der Waals surface area contributed by atoms with Crippen molar-refractivity contribution < 1.29 is 4.57 Å². The van der Waals surface area contributed by atoms with Gasteiger partial charge >= 0.3 is 0 Å². The van der Waals surface area contributed by atoms with Gasteiger partial charge < -0.3 is 0 Å². The van der Waals surface area contributed by atoms with Gasteiger partial charge in [-0.25, -0.2) is 0 Å². The van der Waals surface area contributed by atoms with Gasteiger partial charge in [0.05, 0.1) is 0 Å². The number of hydrogen-bond acceptors (Lipinski definition) is 0. The standard InChI is InChI=1S/C16H13ClN/c17-15-8-9-16-14(11-15)7-4-10-18(16)12-13-5-2-1-3-6-13/h1-11H,12H2/q+1. The van der Waals surface area contributed by atoms with E-state index >= 15 is 0 Å². The average Bonchev–Trinajstić information content (AvgIpc) is 2.40. The summed E-state index contributed by atoms with van der Waals surface area (Å²) in [7, 11) is 0. The second kappa shape index (κ2) is 4.79. The van der Waals surface area contributed by atoms with Crippen molar-refractivity contribution in [3.63, 3.8) is 0 Å². The summed E-state index contributed by atoms with van der Waals surface area (Å²) in [6.07, 6.45) is 2.10. The summed E-state index contributed by atoms with van der Waals surface area (Å²) in [5.74, 6) is 0. The summed E-state index contributed by atoms with van der Waals surface area (Å²) in [6, 6.07) is 20.6. The number of nitrogens with zero attached hydrogens (tertiary/aromatic N) is 1. The van der Waals surface area contributed by atoms with Crippen molar-refractivity contribution in [3.05, 3.63) is 77.4 Å². The van der Waals surface area contributed by atoms with Crippen LogP contribution < -0.4 is 4.57 Å². The Hall–Kier alpha value is -1.86. The molecule has 0 atom stereocenters. The molecule has 0 aliphatic carbocycles. The third-order valence-corrected chi connectivity index (χ3v) is 3.27.